The maximum absolute atomic E-state index is 6.46. The number of rotatable bonds is 10. The zero-order chi connectivity index (χ0) is 22.2. The lowest BCUT2D eigenvalue weighted by molar-refractivity contribution is 0.170. The van der Waals surface area contributed by atoms with Gasteiger partial charge in [0.15, 0.2) is 0 Å². The monoisotopic (exact) mass is 435 g/mol. The molecule has 0 aliphatic heterocycles. The van der Waals surface area contributed by atoms with E-state index in [1.807, 2.05) is 30.3 Å². The average molecular weight is 436 g/mol. The van der Waals surface area contributed by atoms with Gasteiger partial charge in [0.25, 0.3) is 0 Å². The third-order valence-corrected chi connectivity index (χ3v) is 6.02. The fourth-order valence-corrected chi connectivity index (χ4v) is 4.42. The third kappa shape index (κ3) is 6.59. The largest absolute Gasteiger partial charge is 0.489 e. The van der Waals surface area contributed by atoms with Crippen LogP contribution in [0.25, 0.3) is 0 Å². The van der Waals surface area contributed by atoms with Gasteiger partial charge in [0.05, 0.1) is 0 Å². The summed E-state index contributed by atoms with van der Waals surface area (Å²) < 4.78 is 6.31. The van der Waals surface area contributed by atoms with E-state index >= 15 is 0 Å². The maximum Gasteiger partial charge on any atom is 0.123 e. The summed E-state index contributed by atoms with van der Waals surface area (Å²) in [6, 6.07) is 28.0. The molecule has 2 nitrogen and oxygen atoms in total. The fraction of sp³-hybridized carbons (Fsp3) is 0.357. The summed E-state index contributed by atoms with van der Waals surface area (Å²) in [7, 11) is 0. The highest BCUT2D eigenvalue weighted by Gasteiger charge is 2.22. The molecule has 0 fully saturated rings. The Labute approximate surface area is 192 Å². The number of benzene rings is 3. The first-order valence-corrected chi connectivity index (χ1v) is 11.6. The Bertz CT molecular complexity index is 916. The second kappa shape index (κ2) is 11.4. The molecule has 0 heterocycles. The molecule has 0 aromatic heterocycles. The highest BCUT2D eigenvalue weighted by Crippen LogP contribution is 2.37. The summed E-state index contributed by atoms with van der Waals surface area (Å²) in [4.78, 5) is 2.55. The molecule has 1 unspecified atom stereocenters. The van der Waals surface area contributed by atoms with Crippen molar-refractivity contribution >= 4 is 11.6 Å². The van der Waals surface area contributed by atoms with E-state index in [2.05, 4.69) is 81.1 Å². The molecule has 164 valence electrons. The fourth-order valence-electron chi connectivity index (χ4n) is 4.24. The van der Waals surface area contributed by atoms with Crippen LogP contribution in [0.2, 0.25) is 5.02 Å². The molecule has 3 aromatic rings. The molecule has 0 saturated heterocycles. The second-order valence-corrected chi connectivity index (χ2v) is 9.07. The molecule has 0 spiro atoms. The second-order valence-electron chi connectivity index (χ2n) is 8.63. The van der Waals surface area contributed by atoms with Gasteiger partial charge in [0.1, 0.15) is 12.4 Å². The van der Waals surface area contributed by atoms with Gasteiger partial charge in [0, 0.05) is 28.6 Å². The van der Waals surface area contributed by atoms with Crippen LogP contribution in [-0.2, 0) is 6.61 Å². The molecule has 3 aromatic carbocycles. The highest BCUT2D eigenvalue weighted by molar-refractivity contribution is 6.30. The maximum atomic E-state index is 6.46. The first-order valence-electron chi connectivity index (χ1n) is 11.2. The minimum Gasteiger partial charge on any atom is -0.489 e. The van der Waals surface area contributed by atoms with Gasteiger partial charge >= 0.3 is 0 Å². The molecule has 0 bridgehead atoms. The molecule has 0 aliphatic carbocycles. The zero-order valence-electron chi connectivity index (χ0n) is 19.1. The Morgan fingerprint density at radius 1 is 0.806 bits per heavy atom. The van der Waals surface area contributed by atoms with Crippen molar-refractivity contribution in [3.8, 4) is 5.75 Å². The SMILES string of the molecule is CC(C)N(CCC(c1ccccc1)c1cc(Cl)ccc1OCc1ccccc1)C(C)C. The molecule has 3 rings (SSSR count). The Morgan fingerprint density at radius 3 is 2.03 bits per heavy atom. The van der Waals surface area contributed by atoms with E-state index < -0.39 is 0 Å². The summed E-state index contributed by atoms with van der Waals surface area (Å²) >= 11 is 6.46. The lowest BCUT2D eigenvalue weighted by Gasteiger charge is -2.32. The standard InChI is InChI=1S/C28H34ClNO/c1-21(2)30(22(3)4)18-17-26(24-13-9-6-10-14-24)27-19-25(29)15-16-28(27)31-20-23-11-7-5-8-12-23/h5-16,19,21-22,26H,17-18,20H2,1-4H3. The first-order chi connectivity index (χ1) is 15.0. The molecule has 0 saturated carbocycles. The summed E-state index contributed by atoms with van der Waals surface area (Å²) in [5.41, 5.74) is 3.61. The van der Waals surface area contributed by atoms with Crippen LogP contribution in [0.1, 0.15) is 56.7 Å². The first kappa shape index (κ1) is 23.4. The zero-order valence-corrected chi connectivity index (χ0v) is 19.8. The van der Waals surface area contributed by atoms with Gasteiger partial charge in [-0.25, -0.2) is 0 Å². The van der Waals surface area contributed by atoms with Crippen LogP contribution in [0.15, 0.2) is 78.9 Å². The quantitative estimate of drug-likeness (QED) is 0.325. The van der Waals surface area contributed by atoms with Crippen LogP contribution >= 0.6 is 11.6 Å². The Kier molecular flexibility index (Phi) is 8.57. The van der Waals surface area contributed by atoms with Gasteiger partial charge < -0.3 is 4.74 Å². The van der Waals surface area contributed by atoms with Crippen molar-refractivity contribution in [2.24, 2.45) is 0 Å². The van der Waals surface area contributed by atoms with E-state index in [0.29, 0.717) is 18.7 Å². The molecular formula is C28H34ClNO. The van der Waals surface area contributed by atoms with Crippen molar-refractivity contribution in [2.45, 2.75) is 58.7 Å². The van der Waals surface area contributed by atoms with Crippen LogP contribution in [0, 0.1) is 0 Å². The van der Waals surface area contributed by atoms with Crippen molar-refractivity contribution in [3.63, 3.8) is 0 Å². The summed E-state index contributed by atoms with van der Waals surface area (Å²) in [5, 5.41) is 0.743. The molecule has 0 radical (unpaired) electrons. The normalized spacial score (nSPS) is 12.5. The summed E-state index contributed by atoms with van der Waals surface area (Å²) in [5.74, 6) is 1.12. The number of hydrogen-bond acceptors (Lipinski definition) is 2. The van der Waals surface area contributed by atoms with Crippen molar-refractivity contribution < 1.29 is 4.74 Å². The predicted octanol–water partition coefficient (Wildman–Crippen LogP) is 7.56. The van der Waals surface area contributed by atoms with Gasteiger partial charge in [-0.05, 0) is 70.0 Å². The van der Waals surface area contributed by atoms with Gasteiger partial charge in [-0.15, -0.1) is 0 Å². The van der Waals surface area contributed by atoms with E-state index in [1.165, 1.54) is 5.56 Å². The van der Waals surface area contributed by atoms with Crippen LogP contribution in [-0.4, -0.2) is 23.5 Å². The van der Waals surface area contributed by atoms with Gasteiger partial charge in [-0.1, -0.05) is 72.3 Å². The van der Waals surface area contributed by atoms with E-state index in [-0.39, 0.29) is 5.92 Å². The van der Waals surface area contributed by atoms with Crippen LogP contribution in [0.3, 0.4) is 0 Å². The van der Waals surface area contributed by atoms with Gasteiger partial charge in [0.2, 0.25) is 0 Å². The topological polar surface area (TPSA) is 12.5 Å². The minimum absolute atomic E-state index is 0.214. The van der Waals surface area contributed by atoms with Crippen molar-refractivity contribution in [1.29, 1.82) is 0 Å². The molecule has 0 amide bonds. The van der Waals surface area contributed by atoms with E-state index in [4.69, 9.17) is 16.3 Å². The molecule has 31 heavy (non-hydrogen) atoms. The van der Waals surface area contributed by atoms with Crippen molar-refractivity contribution in [3.05, 3.63) is 101 Å². The molecular weight excluding hydrogens is 402 g/mol. The Balaban J connectivity index is 1.91. The van der Waals surface area contributed by atoms with Crippen LogP contribution < -0.4 is 4.74 Å². The lowest BCUT2D eigenvalue weighted by atomic mass is 9.87. The molecule has 1 atom stereocenters. The lowest BCUT2D eigenvalue weighted by Crippen LogP contribution is -2.38. The van der Waals surface area contributed by atoms with Crippen LogP contribution in [0.4, 0.5) is 0 Å². The van der Waals surface area contributed by atoms with Gasteiger partial charge in [-0.3, -0.25) is 4.90 Å². The van der Waals surface area contributed by atoms with Crippen molar-refractivity contribution in [1.82, 2.24) is 4.90 Å². The molecule has 0 N–H and O–H groups in total. The van der Waals surface area contributed by atoms with Crippen LogP contribution in [0.5, 0.6) is 5.75 Å². The number of halogens is 1. The number of nitrogens with zero attached hydrogens (tertiary/aromatic N) is 1. The summed E-state index contributed by atoms with van der Waals surface area (Å²) in [6.45, 7) is 10.6. The smallest absolute Gasteiger partial charge is 0.123 e. The van der Waals surface area contributed by atoms with Gasteiger partial charge in [-0.2, -0.15) is 0 Å². The van der Waals surface area contributed by atoms with E-state index in [0.717, 1.165) is 34.9 Å². The predicted molar refractivity (Wildman–Crippen MR) is 132 cm³/mol. The minimum atomic E-state index is 0.214. The Hall–Kier alpha value is -2.29. The van der Waals surface area contributed by atoms with Crippen molar-refractivity contribution in [2.75, 3.05) is 6.54 Å². The average Bonchev–Trinajstić information content (AvgIpc) is 2.76. The molecule has 3 heteroatoms. The van der Waals surface area contributed by atoms with E-state index in [9.17, 15) is 0 Å². The Morgan fingerprint density at radius 2 is 1.42 bits per heavy atom. The highest BCUT2D eigenvalue weighted by atomic mass is 35.5. The third-order valence-electron chi connectivity index (χ3n) is 5.79. The number of hydrogen-bond donors (Lipinski definition) is 0. The summed E-state index contributed by atoms with van der Waals surface area (Å²) in [6.07, 6.45) is 1.00. The van der Waals surface area contributed by atoms with E-state index in [1.54, 1.807) is 0 Å². The number of ether oxygens (including phenoxy) is 1. The molecule has 0 aliphatic rings.